The summed E-state index contributed by atoms with van der Waals surface area (Å²) < 4.78 is 7.27. The lowest BCUT2D eigenvalue weighted by atomic mass is 9.90. The molecule has 1 aromatic heterocycles. The number of aromatic nitrogens is 3. The average molecular weight is 298 g/mol. The van der Waals surface area contributed by atoms with Crippen LogP contribution in [0.4, 0.5) is 4.79 Å². The maximum Gasteiger partial charge on any atom is 0.410 e. The Kier molecular flexibility index (Phi) is 4.27. The Morgan fingerprint density at radius 2 is 2.05 bits per heavy atom. The number of hydrogen-bond acceptors (Lipinski definition) is 5. The van der Waals surface area contributed by atoms with Gasteiger partial charge in [-0.25, -0.2) is 14.5 Å². The zero-order chi connectivity index (χ0) is 14.8. The van der Waals surface area contributed by atoms with E-state index in [-0.39, 0.29) is 11.6 Å². The first kappa shape index (κ1) is 15.2. The van der Waals surface area contributed by atoms with Gasteiger partial charge in [-0.05, 0) is 33.6 Å². The molecule has 0 N–H and O–H groups in total. The van der Waals surface area contributed by atoms with Crippen molar-refractivity contribution in [3.8, 4) is 0 Å². The lowest BCUT2D eigenvalue weighted by Gasteiger charge is -2.41. The number of carbonyl (C=O) groups excluding carboxylic acids is 1. The predicted molar refractivity (Wildman–Crippen MR) is 78.9 cm³/mol. The van der Waals surface area contributed by atoms with Gasteiger partial charge in [-0.1, -0.05) is 0 Å². The van der Waals surface area contributed by atoms with Gasteiger partial charge >= 0.3 is 6.09 Å². The summed E-state index contributed by atoms with van der Waals surface area (Å²) in [5.41, 5.74) is -0.612. The van der Waals surface area contributed by atoms with Crippen LogP contribution in [0, 0.1) is 0 Å². The van der Waals surface area contributed by atoms with E-state index < -0.39 is 5.60 Å². The van der Waals surface area contributed by atoms with Crippen molar-refractivity contribution in [1.82, 2.24) is 19.7 Å². The molecular formula is C13H22N4O2S. The van der Waals surface area contributed by atoms with Crippen molar-refractivity contribution in [1.29, 1.82) is 0 Å². The second kappa shape index (κ2) is 5.63. The molecule has 0 saturated carbocycles. The number of carbonyl (C=O) groups is 1. The third-order valence-corrected chi connectivity index (χ3v) is 4.13. The zero-order valence-electron chi connectivity index (χ0n) is 12.2. The van der Waals surface area contributed by atoms with Crippen molar-refractivity contribution >= 4 is 18.7 Å². The summed E-state index contributed by atoms with van der Waals surface area (Å²) in [4.78, 5) is 17.8. The summed E-state index contributed by atoms with van der Waals surface area (Å²) in [7, 11) is 0. The van der Waals surface area contributed by atoms with Crippen molar-refractivity contribution in [3.05, 3.63) is 12.7 Å². The van der Waals surface area contributed by atoms with E-state index in [1.807, 2.05) is 25.5 Å². The molecule has 1 aliphatic heterocycles. The van der Waals surface area contributed by atoms with Crippen molar-refractivity contribution in [2.45, 2.75) is 44.8 Å². The molecule has 7 heteroatoms. The van der Waals surface area contributed by atoms with Gasteiger partial charge in [0, 0.05) is 18.8 Å². The third-order valence-electron chi connectivity index (χ3n) is 3.54. The van der Waals surface area contributed by atoms with E-state index >= 15 is 0 Å². The van der Waals surface area contributed by atoms with Crippen LogP contribution in [-0.4, -0.2) is 50.2 Å². The Bertz CT molecular complexity index is 447. The fourth-order valence-corrected chi connectivity index (χ4v) is 2.81. The molecule has 0 atom stereocenters. The lowest BCUT2D eigenvalue weighted by Crippen LogP contribution is -2.50. The van der Waals surface area contributed by atoms with Crippen molar-refractivity contribution in [2.24, 2.45) is 0 Å². The highest BCUT2D eigenvalue weighted by atomic mass is 32.1. The summed E-state index contributed by atoms with van der Waals surface area (Å²) in [6.07, 6.45) is 4.62. The maximum absolute atomic E-state index is 12.0. The summed E-state index contributed by atoms with van der Waals surface area (Å²) >= 11 is 4.46. The molecule has 0 radical (unpaired) electrons. The monoisotopic (exact) mass is 298 g/mol. The highest BCUT2D eigenvalue weighted by molar-refractivity contribution is 7.80. The Labute approximate surface area is 124 Å². The van der Waals surface area contributed by atoms with Gasteiger partial charge < -0.3 is 9.64 Å². The van der Waals surface area contributed by atoms with Gasteiger partial charge in [-0.3, -0.25) is 0 Å². The number of likely N-dealkylation sites (tertiary alicyclic amines) is 1. The SMILES string of the molecule is CC(C)(C)OC(=O)N1CCC(CS)(n2cncn2)CC1. The van der Waals surface area contributed by atoms with Crippen LogP contribution in [0.1, 0.15) is 33.6 Å². The van der Waals surface area contributed by atoms with E-state index in [1.165, 1.54) is 6.33 Å². The maximum atomic E-state index is 12.0. The van der Waals surface area contributed by atoms with Crippen molar-refractivity contribution in [3.63, 3.8) is 0 Å². The van der Waals surface area contributed by atoms with Gasteiger partial charge in [-0.2, -0.15) is 17.7 Å². The molecule has 1 amide bonds. The molecule has 0 aliphatic carbocycles. The van der Waals surface area contributed by atoms with Gasteiger partial charge in [0.2, 0.25) is 0 Å². The number of hydrogen-bond donors (Lipinski definition) is 1. The number of rotatable bonds is 2. The molecule has 6 nitrogen and oxygen atoms in total. The van der Waals surface area contributed by atoms with Gasteiger partial charge in [-0.15, -0.1) is 0 Å². The van der Waals surface area contributed by atoms with Crippen molar-refractivity contribution < 1.29 is 9.53 Å². The van der Waals surface area contributed by atoms with Crippen LogP contribution >= 0.6 is 12.6 Å². The number of amides is 1. The van der Waals surface area contributed by atoms with Crippen LogP contribution in [0.25, 0.3) is 0 Å². The van der Waals surface area contributed by atoms with Gasteiger partial charge in [0.1, 0.15) is 18.3 Å². The molecule has 0 aromatic carbocycles. The molecule has 0 unspecified atom stereocenters. The first-order valence-electron chi connectivity index (χ1n) is 6.80. The normalized spacial score (nSPS) is 18.9. The van der Waals surface area contributed by atoms with E-state index in [0.29, 0.717) is 18.8 Å². The number of thiol groups is 1. The van der Waals surface area contributed by atoms with E-state index in [4.69, 9.17) is 4.74 Å². The largest absolute Gasteiger partial charge is 0.444 e. The van der Waals surface area contributed by atoms with Crippen LogP contribution in [0.2, 0.25) is 0 Å². The third kappa shape index (κ3) is 3.26. The Balaban J connectivity index is 1.99. The van der Waals surface area contributed by atoms with Crippen LogP contribution in [0.15, 0.2) is 12.7 Å². The minimum Gasteiger partial charge on any atom is -0.444 e. The molecule has 0 bridgehead atoms. The van der Waals surface area contributed by atoms with Crippen LogP contribution in [0.3, 0.4) is 0 Å². The summed E-state index contributed by atoms with van der Waals surface area (Å²) in [5, 5.41) is 4.23. The second-order valence-electron chi connectivity index (χ2n) is 6.19. The molecule has 20 heavy (non-hydrogen) atoms. The Hall–Kier alpha value is -1.24. The quantitative estimate of drug-likeness (QED) is 0.848. The number of nitrogens with zero attached hydrogens (tertiary/aromatic N) is 4. The molecule has 1 aliphatic rings. The first-order valence-corrected chi connectivity index (χ1v) is 7.43. The van der Waals surface area contributed by atoms with E-state index in [0.717, 1.165) is 12.8 Å². The number of piperidine rings is 1. The summed E-state index contributed by atoms with van der Waals surface area (Å²) in [6, 6.07) is 0. The fourth-order valence-electron chi connectivity index (χ4n) is 2.34. The standard InChI is InChI=1S/C13H22N4O2S/c1-12(2,3)19-11(18)16-6-4-13(8-20,5-7-16)17-10-14-9-15-17/h9-10,20H,4-8H2,1-3H3. The van der Waals surface area contributed by atoms with Gasteiger partial charge in [0.25, 0.3) is 0 Å². The van der Waals surface area contributed by atoms with Crippen LogP contribution < -0.4 is 0 Å². The van der Waals surface area contributed by atoms with Gasteiger partial charge in [0.05, 0.1) is 5.54 Å². The lowest BCUT2D eigenvalue weighted by molar-refractivity contribution is 0.0124. The minimum absolute atomic E-state index is 0.155. The molecule has 2 rings (SSSR count). The summed E-state index contributed by atoms with van der Waals surface area (Å²) in [6.45, 7) is 6.93. The first-order chi connectivity index (χ1) is 9.36. The smallest absolute Gasteiger partial charge is 0.410 e. The van der Waals surface area contributed by atoms with E-state index in [9.17, 15) is 4.79 Å². The predicted octanol–water partition coefficient (Wildman–Crippen LogP) is 1.93. The molecular weight excluding hydrogens is 276 g/mol. The van der Waals surface area contributed by atoms with Crippen LogP contribution in [0.5, 0.6) is 0 Å². The molecule has 2 heterocycles. The molecule has 1 fully saturated rings. The van der Waals surface area contributed by atoms with E-state index in [2.05, 4.69) is 22.7 Å². The topological polar surface area (TPSA) is 60.2 Å². The zero-order valence-corrected chi connectivity index (χ0v) is 13.1. The molecule has 1 aromatic rings. The Morgan fingerprint density at radius 3 is 2.50 bits per heavy atom. The van der Waals surface area contributed by atoms with Gasteiger partial charge in [0.15, 0.2) is 0 Å². The second-order valence-corrected chi connectivity index (χ2v) is 6.51. The van der Waals surface area contributed by atoms with E-state index in [1.54, 1.807) is 11.2 Å². The summed E-state index contributed by atoms with van der Waals surface area (Å²) in [5.74, 6) is 0.679. The molecule has 112 valence electrons. The molecule has 1 saturated heterocycles. The average Bonchev–Trinajstić information content (AvgIpc) is 2.91. The molecule has 0 spiro atoms. The highest BCUT2D eigenvalue weighted by Crippen LogP contribution is 2.31. The highest BCUT2D eigenvalue weighted by Gasteiger charge is 2.38. The van der Waals surface area contributed by atoms with Crippen LogP contribution in [-0.2, 0) is 10.3 Å². The number of ether oxygens (including phenoxy) is 1. The Morgan fingerprint density at radius 1 is 1.40 bits per heavy atom. The fraction of sp³-hybridized carbons (Fsp3) is 0.769. The minimum atomic E-state index is -0.457. The van der Waals surface area contributed by atoms with Crippen molar-refractivity contribution in [2.75, 3.05) is 18.8 Å².